The van der Waals surface area contributed by atoms with E-state index in [2.05, 4.69) is 36.0 Å². The molecule has 2 aromatic rings. The summed E-state index contributed by atoms with van der Waals surface area (Å²) in [5, 5.41) is 5.12. The molecule has 0 aromatic carbocycles. The molecule has 0 atom stereocenters. The molecule has 8 heteroatoms. The van der Waals surface area contributed by atoms with E-state index < -0.39 is 5.41 Å². The van der Waals surface area contributed by atoms with E-state index in [-0.39, 0.29) is 24.7 Å². The second kappa shape index (κ2) is 7.85. The Bertz CT molecular complexity index is 728. The predicted octanol–water partition coefficient (Wildman–Crippen LogP) is 3.89. The lowest BCUT2D eigenvalue weighted by Gasteiger charge is -2.21. The minimum atomic E-state index is -0.482. The normalized spacial score (nSPS) is 11.2. The van der Waals surface area contributed by atoms with Crippen LogP contribution in [0.15, 0.2) is 28.2 Å². The number of thiazole rings is 1. The van der Waals surface area contributed by atoms with Crippen molar-refractivity contribution in [1.82, 2.24) is 9.97 Å². The van der Waals surface area contributed by atoms with Gasteiger partial charge in [0.05, 0.1) is 19.2 Å². The molecule has 2 rings (SSSR count). The van der Waals surface area contributed by atoms with Crippen LogP contribution in [0.1, 0.15) is 26.7 Å². The largest absolute Gasteiger partial charge is 0.469 e. The van der Waals surface area contributed by atoms with E-state index in [4.69, 9.17) is 0 Å². The number of methoxy groups -OCH3 is 1. The van der Waals surface area contributed by atoms with Crippen LogP contribution in [0, 0.1) is 5.41 Å². The Hall–Kier alpha value is -1.80. The number of carbonyl (C=O) groups is 2. The van der Waals surface area contributed by atoms with E-state index in [1.54, 1.807) is 6.20 Å². The monoisotopic (exact) mass is 411 g/mol. The first-order chi connectivity index (χ1) is 11.3. The number of hydrogen-bond donors (Lipinski definition) is 1. The SMILES string of the molecule is COC(=O)CC(C)(C)CC(=O)Nc1nc(-c2ccc(Br)cn2)cs1. The molecule has 0 radical (unpaired) electrons. The molecule has 2 heterocycles. The Morgan fingerprint density at radius 2 is 2.04 bits per heavy atom. The summed E-state index contributed by atoms with van der Waals surface area (Å²) in [6.07, 6.45) is 2.08. The molecule has 0 spiro atoms. The van der Waals surface area contributed by atoms with E-state index in [0.717, 1.165) is 10.2 Å². The quantitative estimate of drug-likeness (QED) is 0.729. The van der Waals surface area contributed by atoms with E-state index in [1.807, 2.05) is 31.4 Å². The van der Waals surface area contributed by atoms with Crippen molar-refractivity contribution in [2.45, 2.75) is 26.7 Å². The van der Waals surface area contributed by atoms with Gasteiger partial charge in [-0.1, -0.05) is 13.8 Å². The number of pyridine rings is 1. The van der Waals surface area contributed by atoms with Gasteiger partial charge in [0.25, 0.3) is 0 Å². The standard InChI is InChI=1S/C16H18BrN3O3S/c1-16(2,7-14(22)23-3)6-13(21)20-15-19-12(9-24-15)11-5-4-10(17)8-18-11/h4-5,8-9H,6-7H2,1-3H3,(H,19,20,21). The van der Waals surface area contributed by atoms with Gasteiger partial charge in [-0.15, -0.1) is 11.3 Å². The maximum absolute atomic E-state index is 12.2. The number of halogens is 1. The van der Waals surface area contributed by atoms with Crippen molar-refractivity contribution in [2.75, 3.05) is 12.4 Å². The first-order valence-electron chi connectivity index (χ1n) is 7.23. The summed E-state index contributed by atoms with van der Waals surface area (Å²) in [4.78, 5) is 32.2. The summed E-state index contributed by atoms with van der Waals surface area (Å²) in [6, 6.07) is 3.74. The van der Waals surface area contributed by atoms with E-state index in [0.29, 0.717) is 10.8 Å². The summed E-state index contributed by atoms with van der Waals surface area (Å²) >= 11 is 4.67. The van der Waals surface area contributed by atoms with Crippen LogP contribution in [-0.4, -0.2) is 29.0 Å². The van der Waals surface area contributed by atoms with Crippen molar-refractivity contribution in [3.8, 4) is 11.4 Å². The number of anilines is 1. The Kier molecular flexibility index (Phi) is 6.06. The molecule has 2 aromatic heterocycles. The molecular weight excluding hydrogens is 394 g/mol. The minimum absolute atomic E-state index is 0.183. The number of aromatic nitrogens is 2. The van der Waals surface area contributed by atoms with Crippen LogP contribution < -0.4 is 5.32 Å². The fourth-order valence-corrected chi connectivity index (χ4v) is 3.05. The van der Waals surface area contributed by atoms with Crippen LogP contribution in [0.3, 0.4) is 0 Å². The number of ether oxygens (including phenoxy) is 1. The van der Waals surface area contributed by atoms with Gasteiger partial charge < -0.3 is 10.1 Å². The van der Waals surface area contributed by atoms with Gasteiger partial charge >= 0.3 is 5.97 Å². The zero-order valence-electron chi connectivity index (χ0n) is 13.6. The molecule has 0 saturated heterocycles. The zero-order valence-corrected chi connectivity index (χ0v) is 16.0. The van der Waals surface area contributed by atoms with Crippen LogP contribution in [-0.2, 0) is 14.3 Å². The minimum Gasteiger partial charge on any atom is -0.469 e. The highest BCUT2D eigenvalue weighted by Crippen LogP contribution is 2.28. The number of nitrogens with one attached hydrogen (secondary N) is 1. The number of carbonyl (C=O) groups excluding carboxylic acids is 2. The van der Waals surface area contributed by atoms with Crippen LogP contribution in [0.5, 0.6) is 0 Å². The number of esters is 1. The zero-order chi connectivity index (χ0) is 17.7. The number of nitrogens with zero attached hydrogens (tertiary/aromatic N) is 2. The van der Waals surface area contributed by atoms with Crippen LogP contribution in [0.25, 0.3) is 11.4 Å². The van der Waals surface area contributed by atoms with Crippen molar-refractivity contribution in [3.63, 3.8) is 0 Å². The first kappa shape index (κ1) is 18.5. The fourth-order valence-electron chi connectivity index (χ4n) is 2.10. The number of rotatable bonds is 6. The molecule has 1 N–H and O–H groups in total. The molecule has 1 amide bonds. The Morgan fingerprint density at radius 3 is 2.67 bits per heavy atom. The third kappa shape index (κ3) is 5.38. The molecule has 6 nitrogen and oxygen atoms in total. The van der Waals surface area contributed by atoms with Crippen molar-refractivity contribution in [1.29, 1.82) is 0 Å². The Labute approximate surface area is 152 Å². The first-order valence-corrected chi connectivity index (χ1v) is 8.90. The summed E-state index contributed by atoms with van der Waals surface area (Å²) < 4.78 is 5.55. The van der Waals surface area contributed by atoms with Gasteiger partial charge in [0.2, 0.25) is 5.91 Å². The number of hydrogen-bond acceptors (Lipinski definition) is 6. The summed E-state index contributed by atoms with van der Waals surface area (Å²) in [5.41, 5.74) is 0.961. The third-order valence-electron chi connectivity index (χ3n) is 3.23. The molecule has 0 fully saturated rings. The maximum atomic E-state index is 12.2. The number of amides is 1. The van der Waals surface area contributed by atoms with Crippen LogP contribution in [0.2, 0.25) is 0 Å². The van der Waals surface area contributed by atoms with Gasteiger partial charge in [-0.3, -0.25) is 14.6 Å². The topological polar surface area (TPSA) is 81.2 Å². The second-order valence-corrected chi connectivity index (χ2v) is 7.82. The Balaban J connectivity index is 1.97. The van der Waals surface area contributed by atoms with Crippen LogP contribution in [0.4, 0.5) is 5.13 Å². The van der Waals surface area contributed by atoms with E-state index in [1.165, 1.54) is 18.4 Å². The van der Waals surface area contributed by atoms with Gasteiger partial charge in [-0.25, -0.2) is 4.98 Å². The van der Waals surface area contributed by atoms with Gasteiger partial charge in [0, 0.05) is 22.5 Å². The van der Waals surface area contributed by atoms with Crippen molar-refractivity contribution >= 4 is 44.3 Å². The molecule has 0 aliphatic carbocycles. The summed E-state index contributed by atoms with van der Waals surface area (Å²) in [5.74, 6) is -0.515. The molecule has 0 aliphatic heterocycles. The van der Waals surface area contributed by atoms with Gasteiger partial charge in [-0.05, 0) is 33.5 Å². The highest BCUT2D eigenvalue weighted by Gasteiger charge is 2.26. The molecule has 0 bridgehead atoms. The van der Waals surface area contributed by atoms with Crippen molar-refractivity contribution in [2.24, 2.45) is 5.41 Å². The molecule has 24 heavy (non-hydrogen) atoms. The Morgan fingerprint density at radius 1 is 1.29 bits per heavy atom. The predicted molar refractivity (Wildman–Crippen MR) is 96.7 cm³/mol. The summed E-state index contributed by atoms with van der Waals surface area (Å²) in [6.45, 7) is 3.70. The molecular formula is C16H18BrN3O3S. The van der Waals surface area contributed by atoms with Gasteiger partial charge in [0.15, 0.2) is 5.13 Å². The molecule has 0 saturated carbocycles. The van der Waals surface area contributed by atoms with Crippen LogP contribution >= 0.6 is 27.3 Å². The average Bonchev–Trinajstić information content (AvgIpc) is 2.94. The van der Waals surface area contributed by atoms with E-state index >= 15 is 0 Å². The van der Waals surface area contributed by atoms with Crippen molar-refractivity contribution < 1.29 is 14.3 Å². The average molecular weight is 412 g/mol. The van der Waals surface area contributed by atoms with Crippen molar-refractivity contribution in [3.05, 3.63) is 28.2 Å². The smallest absolute Gasteiger partial charge is 0.306 e. The lowest BCUT2D eigenvalue weighted by molar-refractivity contribution is -0.143. The molecule has 128 valence electrons. The fraction of sp³-hybridized carbons (Fsp3) is 0.375. The molecule has 0 unspecified atom stereocenters. The third-order valence-corrected chi connectivity index (χ3v) is 4.46. The highest BCUT2D eigenvalue weighted by atomic mass is 79.9. The van der Waals surface area contributed by atoms with Gasteiger partial charge in [0.1, 0.15) is 5.69 Å². The lowest BCUT2D eigenvalue weighted by Crippen LogP contribution is -2.25. The van der Waals surface area contributed by atoms with E-state index in [9.17, 15) is 9.59 Å². The maximum Gasteiger partial charge on any atom is 0.306 e. The summed E-state index contributed by atoms with van der Waals surface area (Å²) in [7, 11) is 1.34. The molecule has 0 aliphatic rings. The van der Waals surface area contributed by atoms with Gasteiger partial charge in [-0.2, -0.15) is 0 Å². The highest BCUT2D eigenvalue weighted by molar-refractivity contribution is 9.10. The lowest BCUT2D eigenvalue weighted by atomic mass is 9.85. The second-order valence-electron chi connectivity index (χ2n) is 6.04.